The number of hydrogen-bond donors (Lipinski definition) is 2. The van der Waals surface area contributed by atoms with Crippen LogP contribution in [0.2, 0.25) is 0 Å². The summed E-state index contributed by atoms with van der Waals surface area (Å²) in [4.78, 5) is 12.6. The number of aromatic nitrogens is 3. The van der Waals surface area contributed by atoms with Crippen molar-refractivity contribution < 1.29 is 4.74 Å². The molecule has 6 nitrogen and oxygen atoms in total. The van der Waals surface area contributed by atoms with Crippen molar-refractivity contribution in [2.45, 2.75) is 0 Å². The van der Waals surface area contributed by atoms with E-state index < -0.39 is 0 Å². The molecule has 0 aliphatic heterocycles. The first-order chi connectivity index (χ1) is 8.40. The van der Waals surface area contributed by atoms with Gasteiger partial charge in [0.05, 0.1) is 13.2 Å². The van der Waals surface area contributed by atoms with E-state index in [9.17, 15) is 0 Å². The molecule has 0 saturated heterocycles. The Morgan fingerprint density at radius 1 is 1.18 bits per heavy atom. The van der Waals surface area contributed by atoms with Crippen LogP contribution in [0.1, 0.15) is 0 Å². The molecule has 0 fully saturated rings. The normalized spacial score (nSPS) is 10.6. The van der Waals surface area contributed by atoms with Crippen LogP contribution in [-0.2, 0) is 4.74 Å². The number of nitrogens with one attached hydrogen (secondary N) is 1. The van der Waals surface area contributed by atoms with Crippen LogP contribution in [0.25, 0.3) is 11.2 Å². The molecule has 0 unspecified atom stereocenters. The van der Waals surface area contributed by atoms with Crippen molar-refractivity contribution in [2.75, 3.05) is 31.6 Å². The maximum absolute atomic E-state index is 5.31. The number of rotatable bonds is 6. The minimum atomic E-state index is 0.545. The predicted molar refractivity (Wildman–Crippen MR) is 65.7 cm³/mol. The molecule has 0 bridgehead atoms. The first kappa shape index (κ1) is 11.7. The fourth-order valence-corrected chi connectivity index (χ4v) is 1.39. The molecule has 0 amide bonds. The summed E-state index contributed by atoms with van der Waals surface area (Å²) in [5.41, 5.74) is 6.74. The fourth-order valence-electron chi connectivity index (χ4n) is 1.39. The minimum absolute atomic E-state index is 0.545. The van der Waals surface area contributed by atoms with Gasteiger partial charge in [0.15, 0.2) is 5.65 Å². The maximum atomic E-state index is 5.31. The Morgan fingerprint density at radius 2 is 2.06 bits per heavy atom. The third-order valence-corrected chi connectivity index (χ3v) is 2.15. The lowest BCUT2D eigenvalue weighted by atomic mass is 10.4. The Balaban J connectivity index is 1.90. The van der Waals surface area contributed by atoms with Crippen molar-refractivity contribution in [3.63, 3.8) is 0 Å². The van der Waals surface area contributed by atoms with E-state index in [0.29, 0.717) is 32.0 Å². The van der Waals surface area contributed by atoms with Crippen molar-refractivity contribution in [2.24, 2.45) is 5.73 Å². The van der Waals surface area contributed by atoms with Crippen molar-refractivity contribution in [3.8, 4) is 0 Å². The smallest absolute Gasteiger partial charge is 0.180 e. The third-order valence-electron chi connectivity index (χ3n) is 2.15. The van der Waals surface area contributed by atoms with E-state index in [1.54, 1.807) is 12.4 Å². The summed E-state index contributed by atoms with van der Waals surface area (Å²) >= 11 is 0. The molecule has 0 aliphatic carbocycles. The van der Waals surface area contributed by atoms with Crippen molar-refractivity contribution in [1.82, 2.24) is 15.0 Å². The summed E-state index contributed by atoms with van der Waals surface area (Å²) in [5, 5.41) is 3.15. The number of hydrogen-bond acceptors (Lipinski definition) is 6. The first-order valence-corrected chi connectivity index (χ1v) is 5.49. The molecular formula is C11H15N5O. The number of nitrogens with zero attached hydrogens (tertiary/aromatic N) is 3. The van der Waals surface area contributed by atoms with Crippen LogP contribution in [0.4, 0.5) is 5.82 Å². The average Bonchev–Trinajstić information content (AvgIpc) is 2.38. The molecule has 90 valence electrons. The largest absolute Gasteiger partial charge is 0.378 e. The molecule has 2 rings (SSSR count). The van der Waals surface area contributed by atoms with Gasteiger partial charge in [-0.15, -0.1) is 0 Å². The second kappa shape index (κ2) is 6.07. The highest BCUT2D eigenvalue weighted by atomic mass is 16.5. The van der Waals surface area contributed by atoms with Crippen molar-refractivity contribution >= 4 is 17.0 Å². The highest BCUT2D eigenvalue weighted by molar-refractivity contribution is 5.71. The summed E-state index contributed by atoms with van der Waals surface area (Å²) in [6.45, 7) is 2.43. The first-order valence-electron chi connectivity index (χ1n) is 5.49. The summed E-state index contributed by atoms with van der Waals surface area (Å²) in [5.74, 6) is 0.773. The van der Waals surface area contributed by atoms with Gasteiger partial charge in [0, 0.05) is 25.5 Å². The van der Waals surface area contributed by atoms with Crippen LogP contribution < -0.4 is 11.1 Å². The highest BCUT2D eigenvalue weighted by Gasteiger charge is 1.98. The summed E-state index contributed by atoms with van der Waals surface area (Å²) < 4.78 is 5.25. The van der Waals surface area contributed by atoms with E-state index in [-0.39, 0.29) is 0 Å². The van der Waals surface area contributed by atoms with Crippen LogP contribution in [-0.4, -0.2) is 41.3 Å². The van der Waals surface area contributed by atoms with Crippen LogP contribution in [0.5, 0.6) is 0 Å². The standard InChI is InChI=1S/C11H15N5O/c12-3-7-17-8-6-14-10-2-1-9-11(16-10)15-5-4-13-9/h1-2,4-5H,3,6-8,12H2,(H,14,15,16). The molecule has 2 aromatic rings. The maximum Gasteiger partial charge on any atom is 0.180 e. The molecule has 17 heavy (non-hydrogen) atoms. The topological polar surface area (TPSA) is 86.0 Å². The Bertz CT molecular complexity index is 476. The number of ether oxygens (including phenoxy) is 1. The zero-order chi connectivity index (χ0) is 11.9. The van der Waals surface area contributed by atoms with Gasteiger partial charge in [-0.25, -0.2) is 9.97 Å². The second-order valence-electron chi connectivity index (χ2n) is 3.42. The zero-order valence-electron chi connectivity index (χ0n) is 9.47. The van der Waals surface area contributed by atoms with Gasteiger partial charge in [0.1, 0.15) is 11.3 Å². The van der Waals surface area contributed by atoms with E-state index in [4.69, 9.17) is 10.5 Å². The van der Waals surface area contributed by atoms with Crippen molar-refractivity contribution in [3.05, 3.63) is 24.5 Å². The number of fused-ring (bicyclic) bond motifs is 1. The molecule has 0 aliphatic rings. The summed E-state index contributed by atoms with van der Waals surface area (Å²) in [6.07, 6.45) is 3.28. The molecule has 0 aromatic carbocycles. The lowest BCUT2D eigenvalue weighted by Gasteiger charge is -2.06. The van der Waals surface area contributed by atoms with Crippen LogP contribution in [0.3, 0.4) is 0 Å². The second-order valence-corrected chi connectivity index (χ2v) is 3.42. The number of anilines is 1. The van der Waals surface area contributed by atoms with E-state index in [1.807, 2.05) is 12.1 Å². The Morgan fingerprint density at radius 3 is 2.94 bits per heavy atom. The molecule has 0 spiro atoms. The molecule has 2 heterocycles. The summed E-state index contributed by atoms with van der Waals surface area (Å²) in [6, 6.07) is 3.76. The van der Waals surface area contributed by atoms with E-state index in [1.165, 1.54) is 0 Å². The fraction of sp³-hybridized carbons (Fsp3) is 0.364. The van der Waals surface area contributed by atoms with Crippen LogP contribution in [0, 0.1) is 0 Å². The van der Waals surface area contributed by atoms with Crippen LogP contribution in [0.15, 0.2) is 24.5 Å². The average molecular weight is 233 g/mol. The molecular weight excluding hydrogens is 218 g/mol. The number of nitrogens with two attached hydrogens (primary N) is 1. The Hall–Kier alpha value is -1.79. The van der Waals surface area contributed by atoms with Gasteiger partial charge < -0.3 is 15.8 Å². The lowest BCUT2D eigenvalue weighted by molar-refractivity contribution is 0.151. The Labute approximate surface area is 99.2 Å². The van der Waals surface area contributed by atoms with Crippen molar-refractivity contribution in [1.29, 1.82) is 0 Å². The van der Waals surface area contributed by atoms with E-state index in [2.05, 4.69) is 20.3 Å². The van der Waals surface area contributed by atoms with Gasteiger partial charge in [-0.2, -0.15) is 0 Å². The van der Waals surface area contributed by atoms with Gasteiger partial charge in [0.25, 0.3) is 0 Å². The monoisotopic (exact) mass is 233 g/mol. The molecule has 0 atom stereocenters. The minimum Gasteiger partial charge on any atom is -0.378 e. The molecule has 2 aromatic heterocycles. The lowest BCUT2D eigenvalue weighted by Crippen LogP contribution is -2.14. The van der Waals surface area contributed by atoms with Gasteiger partial charge in [-0.1, -0.05) is 0 Å². The predicted octanol–water partition coefficient (Wildman–Crippen LogP) is 0.412. The van der Waals surface area contributed by atoms with Gasteiger partial charge >= 0.3 is 0 Å². The molecule has 0 radical (unpaired) electrons. The zero-order valence-corrected chi connectivity index (χ0v) is 9.47. The SMILES string of the molecule is NCCOCCNc1ccc2nccnc2n1. The highest BCUT2D eigenvalue weighted by Crippen LogP contribution is 2.09. The van der Waals surface area contributed by atoms with E-state index >= 15 is 0 Å². The van der Waals surface area contributed by atoms with Gasteiger partial charge in [0.2, 0.25) is 0 Å². The summed E-state index contributed by atoms with van der Waals surface area (Å²) in [7, 11) is 0. The van der Waals surface area contributed by atoms with Gasteiger partial charge in [-0.05, 0) is 12.1 Å². The van der Waals surface area contributed by atoms with Gasteiger partial charge in [-0.3, -0.25) is 4.98 Å². The Kier molecular flexibility index (Phi) is 4.17. The quantitative estimate of drug-likeness (QED) is 0.703. The molecule has 0 saturated carbocycles. The van der Waals surface area contributed by atoms with Crippen LogP contribution >= 0.6 is 0 Å². The molecule has 3 N–H and O–H groups in total. The van der Waals surface area contributed by atoms with E-state index in [0.717, 1.165) is 11.3 Å². The number of pyridine rings is 1. The third kappa shape index (κ3) is 3.33. The molecule has 6 heteroatoms.